The fourth-order valence-electron chi connectivity index (χ4n) is 2.59. The SMILES string of the molecule is CCc1cc(C(F)(C(F)(F)F)C(F)(F)F)cc(CC)c1CC(C)=O. The van der Waals surface area contributed by atoms with Crippen LogP contribution >= 0.6 is 0 Å². The molecule has 0 spiro atoms. The van der Waals surface area contributed by atoms with Gasteiger partial charge < -0.3 is 0 Å². The summed E-state index contributed by atoms with van der Waals surface area (Å²) >= 11 is 0. The zero-order chi connectivity index (χ0) is 18.9. The van der Waals surface area contributed by atoms with Crippen molar-refractivity contribution in [1.82, 2.24) is 0 Å². The van der Waals surface area contributed by atoms with Crippen LogP contribution in [-0.2, 0) is 29.7 Å². The van der Waals surface area contributed by atoms with Crippen molar-refractivity contribution in [3.8, 4) is 0 Å². The van der Waals surface area contributed by atoms with Crippen LogP contribution in [-0.4, -0.2) is 18.1 Å². The first-order valence-electron chi connectivity index (χ1n) is 7.26. The van der Waals surface area contributed by atoms with E-state index in [-0.39, 0.29) is 36.2 Å². The minimum atomic E-state index is -6.15. The lowest BCUT2D eigenvalue weighted by molar-refractivity contribution is -0.348. The molecule has 0 unspecified atom stereocenters. The Bertz CT molecular complexity index is 575. The van der Waals surface area contributed by atoms with E-state index in [0.717, 1.165) is 0 Å². The van der Waals surface area contributed by atoms with Crippen molar-refractivity contribution in [1.29, 1.82) is 0 Å². The zero-order valence-corrected chi connectivity index (χ0v) is 13.3. The number of hydrogen-bond acceptors (Lipinski definition) is 1. The summed E-state index contributed by atoms with van der Waals surface area (Å²) in [7, 11) is 0. The maximum absolute atomic E-state index is 14.2. The molecule has 0 N–H and O–H groups in total. The number of halogens is 7. The largest absolute Gasteiger partial charge is 0.435 e. The van der Waals surface area contributed by atoms with Crippen molar-refractivity contribution in [2.45, 2.75) is 58.1 Å². The minimum Gasteiger partial charge on any atom is -0.300 e. The van der Waals surface area contributed by atoms with Gasteiger partial charge in [0.15, 0.2) is 0 Å². The average molecular weight is 358 g/mol. The Hall–Kier alpha value is -1.60. The van der Waals surface area contributed by atoms with Gasteiger partial charge in [-0.05, 0) is 36.5 Å². The van der Waals surface area contributed by atoms with E-state index in [9.17, 15) is 35.5 Å². The third-order valence-corrected chi connectivity index (χ3v) is 3.80. The number of Topliss-reactive ketones (excluding diaryl/α,β-unsaturated/α-hetero) is 1. The quantitative estimate of drug-likeness (QED) is 0.659. The van der Waals surface area contributed by atoms with Gasteiger partial charge >= 0.3 is 18.0 Å². The maximum atomic E-state index is 14.2. The van der Waals surface area contributed by atoms with E-state index in [1.165, 1.54) is 20.8 Å². The lowest BCUT2D eigenvalue weighted by Gasteiger charge is -2.31. The van der Waals surface area contributed by atoms with E-state index < -0.39 is 23.6 Å². The topological polar surface area (TPSA) is 17.1 Å². The Morgan fingerprint density at radius 3 is 1.50 bits per heavy atom. The van der Waals surface area contributed by atoms with Crippen LogP contribution < -0.4 is 0 Å². The van der Waals surface area contributed by atoms with Crippen molar-refractivity contribution >= 4 is 5.78 Å². The highest BCUT2D eigenvalue weighted by molar-refractivity contribution is 5.79. The molecule has 1 nitrogen and oxygen atoms in total. The molecule has 0 fully saturated rings. The Balaban J connectivity index is 3.73. The molecule has 0 saturated heterocycles. The molecule has 24 heavy (non-hydrogen) atoms. The predicted octanol–water partition coefficient (Wildman–Crippen LogP) is 5.23. The molecule has 0 bridgehead atoms. The number of hydrogen-bond donors (Lipinski definition) is 0. The van der Waals surface area contributed by atoms with Crippen molar-refractivity contribution in [3.63, 3.8) is 0 Å². The third-order valence-electron chi connectivity index (χ3n) is 3.80. The second kappa shape index (κ2) is 6.72. The van der Waals surface area contributed by atoms with Crippen molar-refractivity contribution in [2.24, 2.45) is 0 Å². The number of rotatable bonds is 5. The van der Waals surface area contributed by atoms with Crippen LogP contribution in [0.3, 0.4) is 0 Å². The number of ketones is 1. The Morgan fingerprint density at radius 2 is 1.25 bits per heavy atom. The smallest absolute Gasteiger partial charge is 0.300 e. The second-order valence-electron chi connectivity index (χ2n) is 5.51. The van der Waals surface area contributed by atoms with E-state index in [4.69, 9.17) is 0 Å². The van der Waals surface area contributed by atoms with E-state index in [1.54, 1.807) is 0 Å². The molecule has 1 aromatic carbocycles. The molecular formula is C16H17F7O. The Morgan fingerprint density at radius 1 is 0.875 bits per heavy atom. The molecule has 0 radical (unpaired) electrons. The van der Waals surface area contributed by atoms with Gasteiger partial charge in [-0.1, -0.05) is 26.0 Å². The first-order chi connectivity index (χ1) is 10.8. The molecule has 8 heteroatoms. The maximum Gasteiger partial charge on any atom is 0.435 e. The second-order valence-corrected chi connectivity index (χ2v) is 5.51. The van der Waals surface area contributed by atoms with E-state index >= 15 is 0 Å². The Kier molecular flexibility index (Phi) is 5.73. The van der Waals surface area contributed by atoms with E-state index in [2.05, 4.69) is 0 Å². The van der Waals surface area contributed by atoms with Crippen LogP contribution in [0, 0.1) is 0 Å². The van der Waals surface area contributed by atoms with Gasteiger partial charge in [0.1, 0.15) is 5.78 Å². The molecule has 0 saturated carbocycles. The van der Waals surface area contributed by atoms with Crippen molar-refractivity contribution in [3.05, 3.63) is 34.4 Å². The van der Waals surface area contributed by atoms with Crippen LogP contribution in [0.15, 0.2) is 12.1 Å². The van der Waals surface area contributed by atoms with Crippen LogP contribution in [0.25, 0.3) is 0 Å². The fourth-order valence-corrected chi connectivity index (χ4v) is 2.59. The summed E-state index contributed by atoms with van der Waals surface area (Å²) in [5, 5.41) is 0. The summed E-state index contributed by atoms with van der Waals surface area (Å²) < 4.78 is 91.8. The van der Waals surface area contributed by atoms with Crippen LogP contribution in [0.5, 0.6) is 0 Å². The molecular weight excluding hydrogens is 341 g/mol. The van der Waals surface area contributed by atoms with Crippen molar-refractivity contribution < 1.29 is 35.5 Å². The average Bonchev–Trinajstić information content (AvgIpc) is 2.43. The van der Waals surface area contributed by atoms with E-state index in [0.29, 0.717) is 17.7 Å². The lowest BCUT2D eigenvalue weighted by atomic mass is 9.85. The van der Waals surface area contributed by atoms with Gasteiger partial charge in [0, 0.05) is 12.0 Å². The molecule has 0 amide bonds. The summed E-state index contributed by atoms with van der Waals surface area (Å²) in [4.78, 5) is 11.3. The summed E-state index contributed by atoms with van der Waals surface area (Å²) in [6.45, 7) is 4.30. The number of carbonyl (C=O) groups is 1. The molecule has 136 valence electrons. The van der Waals surface area contributed by atoms with Crippen LogP contribution in [0.2, 0.25) is 0 Å². The molecule has 0 aliphatic heterocycles. The molecule has 0 aliphatic carbocycles. The fraction of sp³-hybridized carbons (Fsp3) is 0.562. The summed E-state index contributed by atoms with van der Waals surface area (Å²) in [6.07, 6.45) is -12.3. The van der Waals surface area contributed by atoms with Gasteiger partial charge in [0.05, 0.1) is 0 Å². The highest BCUT2D eigenvalue weighted by atomic mass is 19.4. The number of alkyl halides is 7. The molecule has 1 aromatic rings. The molecule has 0 atom stereocenters. The van der Waals surface area contributed by atoms with Gasteiger partial charge in [0.25, 0.3) is 0 Å². The number of benzene rings is 1. The normalized spacial score (nSPS) is 13.2. The third kappa shape index (κ3) is 3.57. The number of carbonyl (C=O) groups excluding carboxylic acids is 1. The number of aryl methyl sites for hydroxylation is 2. The predicted molar refractivity (Wildman–Crippen MR) is 74.5 cm³/mol. The highest BCUT2D eigenvalue weighted by Crippen LogP contribution is 2.53. The van der Waals surface area contributed by atoms with Crippen LogP contribution in [0.1, 0.15) is 43.0 Å². The monoisotopic (exact) mass is 358 g/mol. The standard InChI is InChI=1S/C16H17F7O/c1-4-10-7-12(8-11(5-2)13(10)6-9(3)24)14(17,15(18,19)20)16(21,22)23/h7-8H,4-6H2,1-3H3. The molecule has 1 rings (SSSR count). The van der Waals surface area contributed by atoms with Gasteiger partial charge in [-0.2, -0.15) is 26.3 Å². The van der Waals surface area contributed by atoms with Crippen LogP contribution in [0.4, 0.5) is 30.7 Å². The van der Waals surface area contributed by atoms with Crippen molar-refractivity contribution in [2.75, 3.05) is 0 Å². The summed E-state index contributed by atoms with van der Waals surface area (Å²) in [6, 6.07) is 1.14. The summed E-state index contributed by atoms with van der Waals surface area (Å²) in [5.74, 6) is -0.287. The molecule has 0 heterocycles. The minimum absolute atomic E-state index is 0.0786. The van der Waals surface area contributed by atoms with Gasteiger partial charge in [-0.25, -0.2) is 4.39 Å². The zero-order valence-electron chi connectivity index (χ0n) is 13.3. The first-order valence-corrected chi connectivity index (χ1v) is 7.26. The Labute approximate surface area is 134 Å². The summed E-state index contributed by atoms with van der Waals surface area (Å²) in [5.41, 5.74) is -6.38. The van der Waals surface area contributed by atoms with Gasteiger partial charge in [-0.3, -0.25) is 4.79 Å². The van der Waals surface area contributed by atoms with Gasteiger partial charge in [-0.15, -0.1) is 0 Å². The van der Waals surface area contributed by atoms with Gasteiger partial charge in [0.2, 0.25) is 0 Å². The molecule has 0 aliphatic rings. The highest BCUT2D eigenvalue weighted by Gasteiger charge is 2.73. The lowest BCUT2D eigenvalue weighted by Crippen LogP contribution is -2.50. The molecule has 0 aromatic heterocycles. The van der Waals surface area contributed by atoms with E-state index in [1.807, 2.05) is 0 Å². The first kappa shape index (κ1) is 20.4.